The van der Waals surface area contributed by atoms with Crippen LogP contribution < -0.4 is 0 Å². The Balaban J connectivity index is 1.52. The van der Waals surface area contributed by atoms with E-state index in [1.165, 1.54) is 0 Å². The van der Waals surface area contributed by atoms with Crippen molar-refractivity contribution in [2.24, 2.45) is 0 Å². The number of nitrogens with zero attached hydrogens (tertiary/aromatic N) is 1. The zero-order valence-corrected chi connectivity index (χ0v) is 15.2. The highest BCUT2D eigenvalue weighted by molar-refractivity contribution is 6.21. The van der Waals surface area contributed by atoms with Gasteiger partial charge in [-0.2, -0.15) is 0 Å². The number of aryl methyl sites for hydroxylation is 2. The van der Waals surface area contributed by atoms with Crippen LogP contribution in [0.4, 0.5) is 0 Å². The lowest BCUT2D eigenvalue weighted by Crippen LogP contribution is -2.33. The molecule has 1 heterocycles. The van der Waals surface area contributed by atoms with Gasteiger partial charge in [0.25, 0.3) is 11.8 Å². The van der Waals surface area contributed by atoms with Gasteiger partial charge in [-0.3, -0.25) is 19.2 Å². The Kier molecular flexibility index (Phi) is 5.16. The summed E-state index contributed by atoms with van der Waals surface area (Å²) in [4.78, 5) is 49.4. The molecule has 0 N–H and O–H groups in total. The molecule has 0 unspecified atom stereocenters. The van der Waals surface area contributed by atoms with E-state index in [0.29, 0.717) is 16.7 Å². The summed E-state index contributed by atoms with van der Waals surface area (Å²) >= 11 is 0. The molecule has 0 saturated carbocycles. The number of carbonyl (C=O) groups is 4. The summed E-state index contributed by atoms with van der Waals surface area (Å²) in [5.41, 5.74) is 3.24. The Morgan fingerprint density at radius 3 is 2.11 bits per heavy atom. The van der Waals surface area contributed by atoms with E-state index in [-0.39, 0.29) is 18.6 Å². The minimum Gasteiger partial charge on any atom is -0.444 e. The number of hydrogen-bond acceptors (Lipinski definition) is 5. The van der Waals surface area contributed by atoms with Crippen LogP contribution in [-0.4, -0.2) is 35.2 Å². The number of ketones is 1. The molecule has 0 spiro atoms. The molecule has 0 atom stereocenters. The van der Waals surface area contributed by atoms with Gasteiger partial charge < -0.3 is 4.74 Å². The lowest BCUT2D eigenvalue weighted by molar-refractivity contribution is -0.146. The fourth-order valence-electron chi connectivity index (χ4n) is 2.84. The van der Waals surface area contributed by atoms with Crippen LogP contribution >= 0.6 is 0 Å². The van der Waals surface area contributed by atoms with E-state index in [1.54, 1.807) is 36.4 Å². The average Bonchev–Trinajstić information content (AvgIpc) is 2.91. The number of fused-ring (bicyclic) bond motifs is 1. The predicted molar refractivity (Wildman–Crippen MR) is 97.4 cm³/mol. The first-order valence-corrected chi connectivity index (χ1v) is 8.60. The molecule has 3 rings (SSSR count). The molecule has 27 heavy (non-hydrogen) atoms. The number of esters is 1. The molecule has 6 nitrogen and oxygen atoms in total. The SMILES string of the molecule is Cc1ccc(C(=O)CCC(=O)OCN2C(=O)c3ccccc3C2=O)cc1C. The highest BCUT2D eigenvalue weighted by atomic mass is 16.5. The molecule has 138 valence electrons. The molecule has 0 aromatic heterocycles. The summed E-state index contributed by atoms with van der Waals surface area (Å²) < 4.78 is 5.02. The molecule has 0 saturated heterocycles. The minimum atomic E-state index is -0.635. The maximum absolute atomic E-state index is 12.2. The number of carbonyl (C=O) groups excluding carboxylic acids is 4. The molecule has 6 heteroatoms. The van der Waals surface area contributed by atoms with Crippen molar-refractivity contribution in [3.8, 4) is 0 Å². The van der Waals surface area contributed by atoms with Crippen molar-refractivity contribution >= 4 is 23.6 Å². The fraction of sp³-hybridized carbons (Fsp3) is 0.238. The predicted octanol–water partition coefficient (Wildman–Crippen LogP) is 3.06. The smallest absolute Gasteiger partial charge is 0.307 e. The quantitative estimate of drug-likeness (QED) is 0.446. The maximum Gasteiger partial charge on any atom is 0.307 e. The normalized spacial score (nSPS) is 12.9. The fourth-order valence-corrected chi connectivity index (χ4v) is 2.84. The van der Waals surface area contributed by atoms with Gasteiger partial charge in [0.1, 0.15) is 0 Å². The number of hydrogen-bond donors (Lipinski definition) is 0. The number of Topliss-reactive ketones (excluding diaryl/α,β-unsaturated/α-hetero) is 1. The van der Waals surface area contributed by atoms with E-state index in [9.17, 15) is 19.2 Å². The van der Waals surface area contributed by atoms with Crippen LogP contribution in [0, 0.1) is 13.8 Å². The molecular weight excluding hydrogens is 346 g/mol. The minimum absolute atomic E-state index is 0.00343. The van der Waals surface area contributed by atoms with E-state index in [2.05, 4.69) is 0 Å². The summed E-state index contributed by atoms with van der Waals surface area (Å²) in [6.07, 6.45) is -0.113. The van der Waals surface area contributed by atoms with Crippen molar-refractivity contribution in [1.29, 1.82) is 0 Å². The van der Waals surface area contributed by atoms with Crippen molar-refractivity contribution in [3.05, 3.63) is 70.3 Å². The summed E-state index contributed by atoms with van der Waals surface area (Å²) in [6, 6.07) is 11.8. The number of rotatable bonds is 6. The van der Waals surface area contributed by atoms with Gasteiger partial charge >= 0.3 is 5.97 Å². The third kappa shape index (κ3) is 3.79. The summed E-state index contributed by atoms with van der Waals surface area (Å²) in [6.45, 7) is 3.42. The van der Waals surface area contributed by atoms with Crippen molar-refractivity contribution in [1.82, 2.24) is 4.90 Å². The van der Waals surface area contributed by atoms with Gasteiger partial charge in [-0.15, -0.1) is 0 Å². The number of ether oxygens (including phenoxy) is 1. The molecule has 0 radical (unpaired) electrons. The standard InChI is InChI=1S/C21H19NO5/c1-13-7-8-15(11-14(13)2)18(23)9-10-19(24)27-12-22-20(25)16-5-3-4-6-17(16)21(22)26/h3-8,11H,9-10,12H2,1-2H3. The highest BCUT2D eigenvalue weighted by Gasteiger charge is 2.35. The molecule has 2 aromatic carbocycles. The van der Waals surface area contributed by atoms with Crippen LogP contribution in [0.3, 0.4) is 0 Å². The van der Waals surface area contributed by atoms with Gasteiger partial charge in [-0.25, -0.2) is 4.90 Å². The Hall–Kier alpha value is -3.28. The van der Waals surface area contributed by atoms with Crippen molar-refractivity contribution in [2.45, 2.75) is 26.7 Å². The summed E-state index contributed by atoms with van der Waals surface area (Å²) in [5.74, 6) is -1.77. The molecule has 0 bridgehead atoms. The van der Waals surface area contributed by atoms with Crippen molar-refractivity contribution in [2.75, 3.05) is 6.73 Å². The molecular formula is C21H19NO5. The Morgan fingerprint density at radius 2 is 1.52 bits per heavy atom. The summed E-state index contributed by atoms with van der Waals surface area (Å²) in [5, 5.41) is 0. The number of amides is 2. The Morgan fingerprint density at radius 1 is 0.889 bits per heavy atom. The van der Waals surface area contributed by atoms with Crippen LogP contribution in [0.1, 0.15) is 55.0 Å². The molecule has 0 aliphatic carbocycles. The monoisotopic (exact) mass is 365 g/mol. The lowest BCUT2D eigenvalue weighted by Gasteiger charge is -2.13. The highest BCUT2D eigenvalue weighted by Crippen LogP contribution is 2.22. The van der Waals surface area contributed by atoms with Gasteiger partial charge in [0, 0.05) is 12.0 Å². The van der Waals surface area contributed by atoms with Gasteiger partial charge in [-0.1, -0.05) is 24.3 Å². The van der Waals surface area contributed by atoms with E-state index < -0.39 is 24.5 Å². The third-order valence-corrected chi connectivity index (χ3v) is 4.62. The first-order chi connectivity index (χ1) is 12.9. The van der Waals surface area contributed by atoms with Crippen molar-refractivity contribution < 1.29 is 23.9 Å². The second-order valence-electron chi connectivity index (χ2n) is 6.45. The molecule has 2 aromatic rings. The first kappa shape index (κ1) is 18.5. The van der Waals surface area contributed by atoms with Gasteiger partial charge in [0.15, 0.2) is 12.5 Å². The van der Waals surface area contributed by atoms with E-state index in [4.69, 9.17) is 4.74 Å². The van der Waals surface area contributed by atoms with Crippen molar-refractivity contribution in [3.63, 3.8) is 0 Å². The topological polar surface area (TPSA) is 80.8 Å². The average molecular weight is 365 g/mol. The van der Waals surface area contributed by atoms with Crippen LogP contribution in [0.5, 0.6) is 0 Å². The number of imide groups is 1. The Bertz CT molecular complexity index is 912. The zero-order chi connectivity index (χ0) is 19.6. The molecule has 2 amide bonds. The van der Waals surface area contributed by atoms with Crippen LogP contribution in [-0.2, 0) is 9.53 Å². The molecule has 0 fully saturated rings. The van der Waals surface area contributed by atoms with Crippen LogP contribution in [0.25, 0.3) is 0 Å². The van der Waals surface area contributed by atoms with Gasteiger partial charge in [-0.05, 0) is 43.2 Å². The van der Waals surface area contributed by atoms with Gasteiger partial charge in [0.2, 0.25) is 0 Å². The molecule has 1 aliphatic rings. The Labute approximate surface area is 156 Å². The van der Waals surface area contributed by atoms with E-state index in [1.807, 2.05) is 19.9 Å². The van der Waals surface area contributed by atoms with E-state index in [0.717, 1.165) is 16.0 Å². The third-order valence-electron chi connectivity index (χ3n) is 4.62. The largest absolute Gasteiger partial charge is 0.444 e. The summed E-state index contributed by atoms with van der Waals surface area (Å²) in [7, 11) is 0. The van der Waals surface area contributed by atoms with E-state index >= 15 is 0 Å². The second-order valence-corrected chi connectivity index (χ2v) is 6.45. The lowest BCUT2D eigenvalue weighted by atomic mass is 10.0. The number of benzene rings is 2. The maximum atomic E-state index is 12.2. The van der Waals surface area contributed by atoms with Crippen LogP contribution in [0.2, 0.25) is 0 Å². The first-order valence-electron chi connectivity index (χ1n) is 8.60. The second kappa shape index (κ2) is 7.53. The van der Waals surface area contributed by atoms with Crippen LogP contribution in [0.15, 0.2) is 42.5 Å². The zero-order valence-electron chi connectivity index (χ0n) is 15.2. The molecule has 1 aliphatic heterocycles. The van der Waals surface area contributed by atoms with Gasteiger partial charge in [0.05, 0.1) is 17.5 Å².